The summed E-state index contributed by atoms with van der Waals surface area (Å²) in [6.07, 6.45) is -5.88. The zero-order valence-corrected chi connectivity index (χ0v) is 22.1. The lowest BCUT2D eigenvalue weighted by Crippen LogP contribution is -2.33. The van der Waals surface area contributed by atoms with Crippen LogP contribution in [0.25, 0.3) is 27.8 Å². The van der Waals surface area contributed by atoms with E-state index in [1.165, 1.54) is 41.8 Å². The van der Waals surface area contributed by atoms with Crippen molar-refractivity contribution in [1.29, 1.82) is 0 Å². The van der Waals surface area contributed by atoms with Crippen LogP contribution in [0, 0.1) is 0 Å². The molecule has 0 spiro atoms. The predicted octanol–water partition coefficient (Wildman–Crippen LogP) is 5.67. The van der Waals surface area contributed by atoms with Gasteiger partial charge in [0.25, 0.3) is 5.91 Å². The van der Waals surface area contributed by atoms with Gasteiger partial charge in [0, 0.05) is 27.7 Å². The molecular formula is C26H15Cl2F3N4O6. The van der Waals surface area contributed by atoms with Crippen LogP contribution in [0.5, 0.6) is 5.75 Å². The number of alkyl halides is 3. The molecule has 210 valence electrons. The highest BCUT2D eigenvalue weighted by atomic mass is 35.5. The minimum absolute atomic E-state index is 0.0106. The molecule has 3 aromatic carbocycles. The molecular weight excluding hydrogens is 592 g/mol. The number of rotatable bonds is 5. The molecule has 6 rings (SSSR count). The number of alkyl carbamates (subject to hydrolysis) is 1. The van der Waals surface area contributed by atoms with E-state index >= 15 is 0 Å². The van der Waals surface area contributed by atoms with Gasteiger partial charge in [-0.25, -0.2) is 14.2 Å². The monoisotopic (exact) mass is 606 g/mol. The first-order chi connectivity index (χ1) is 19.3. The number of hydrogen-bond donors (Lipinski definition) is 1. The first kappa shape index (κ1) is 26.7. The molecule has 1 saturated heterocycles. The number of carbonyl (C=O) groups excluding carboxylic acids is 2. The van der Waals surface area contributed by atoms with Crippen LogP contribution < -0.4 is 15.7 Å². The summed E-state index contributed by atoms with van der Waals surface area (Å²) in [7, 11) is 0. The number of imide groups is 1. The van der Waals surface area contributed by atoms with Gasteiger partial charge in [-0.3, -0.25) is 14.7 Å². The smallest absolute Gasteiger partial charge is 0.428 e. The van der Waals surface area contributed by atoms with Crippen LogP contribution in [0.3, 0.4) is 0 Å². The van der Waals surface area contributed by atoms with E-state index in [2.05, 4.69) is 15.2 Å². The molecule has 1 aliphatic heterocycles. The molecule has 41 heavy (non-hydrogen) atoms. The molecule has 1 N–H and O–H groups in total. The van der Waals surface area contributed by atoms with Crippen LogP contribution in [0.1, 0.15) is 18.1 Å². The number of halogens is 5. The van der Waals surface area contributed by atoms with Crippen molar-refractivity contribution in [2.75, 3.05) is 0 Å². The SMILES string of the molecule is C[C@@]1(c2ccc(Cl)c(Cn3c(=O)n(-c4noc5cc(Cl)ccc45)c4cc(OC(F)(F)F)ccc43)c2)OC(=O)NC1=O. The third-order valence-electron chi connectivity index (χ3n) is 6.63. The summed E-state index contributed by atoms with van der Waals surface area (Å²) in [5, 5.41) is 7.00. The van der Waals surface area contributed by atoms with Crippen molar-refractivity contribution in [2.24, 2.45) is 0 Å². The normalized spacial score (nSPS) is 17.3. The lowest BCUT2D eigenvalue weighted by molar-refractivity contribution is -0.274. The third-order valence-corrected chi connectivity index (χ3v) is 7.24. The Balaban J connectivity index is 1.53. The number of nitrogens with one attached hydrogen (secondary N) is 1. The van der Waals surface area contributed by atoms with Crippen LogP contribution in [-0.4, -0.2) is 32.7 Å². The van der Waals surface area contributed by atoms with E-state index in [1.807, 2.05) is 0 Å². The summed E-state index contributed by atoms with van der Waals surface area (Å²) < 4.78 is 56.0. The summed E-state index contributed by atoms with van der Waals surface area (Å²) in [4.78, 5) is 38.0. The summed E-state index contributed by atoms with van der Waals surface area (Å²) in [6.45, 7) is 1.23. The fourth-order valence-electron chi connectivity index (χ4n) is 4.67. The van der Waals surface area contributed by atoms with Gasteiger partial charge < -0.3 is 14.0 Å². The van der Waals surface area contributed by atoms with E-state index in [1.54, 1.807) is 12.1 Å². The van der Waals surface area contributed by atoms with E-state index in [0.717, 1.165) is 16.7 Å². The topological polar surface area (TPSA) is 118 Å². The van der Waals surface area contributed by atoms with Crippen LogP contribution in [0.2, 0.25) is 10.0 Å². The first-order valence-electron chi connectivity index (χ1n) is 11.7. The molecule has 5 aromatic rings. The number of amides is 2. The van der Waals surface area contributed by atoms with Crippen molar-refractivity contribution >= 4 is 57.2 Å². The van der Waals surface area contributed by atoms with Crippen LogP contribution in [-0.2, 0) is 21.7 Å². The molecule has 2 aromatic heterocycles. The number of ether oxygens (including phenoxy) is 2. The zero-order valence-electron chi connectivity index (χ0n) is 20.6. The average Bonchev–Trinajstić information content (AvgIpc) is 3.50. The summed E-state index contributed by atoms with van der Waals surface area (Å²) in [5.74, 6) is -1.23. The van der Waals surface area contributed by atoms with Gasteiger partial charge in [-0.1, -0.05) is 34.4 Å². The van der Waals surface area contributed by atoms with Crippen molar-refractivity contribution in [3.8, 4) is 11.6 Å². The summed E-state index contributed by atoms with van der Waals surface area (Å²) in [6, 6.07) is 12.5. The van der Waals surface area contributed by atoms with Gasteiger partial charge >= 0.3 is 18.1 Å². The lowest BCUT2D eigenvalue weighted by Gasteiger charge is -2.21. The second-order valence-corrected chi connectivity index (χ2v) is 10.1. The number of cyclic esters (lactones) is 1. The van der Waals surface area contributed by atoms with Crippen LogP contribution >= 0.6 is 23.2 Å². The Hall–Kier alpha value is -4.49. The molecule has 0 unspecified atom stereocenters. The highest BCUT2D eigenvalue weighted by molar-refractivity contribution is 6.31. The van der Waals surface area contributed by atoms with Crippen molar-refractivity contribution in [1.82, 2.24) is 19.6 Å². The molecule has 0 aliphatic carbocycles. The second-order valence-electron chi connectivity index (χ2n) is 9.23. The van der Waals surface area contributed by atoms with Crippen molar-refractivity contribution < 1.29 is 36.8 Å². The zero-order chi connectivity index (χ0) is 29.3. The number of nitrogens with zero attached hydrogens (tertiary/aromatic N) is 3. The van der Waals surface area contributed by atoms with Gasteiger partial charge in [0.05, 0.1) is 23.0 Å². The summed E-state index contributed by atoms with van der Waals surface area (Å²) >= 11 is 12.5. The van der Waals surface area contributed by atoms with Gasteiger partial charge in [-0.2, -0.15) is 0 Å². The molecule has 15 heteroatoms. The average molecular weight is 607 g/mol. The minimum atomic E-state index is -4.97. The number of fused-ring (bicyclic) bond motifs is 2. The molecule has 1 atom stereocenters. The Morgan fingerprint density at radius 3 is 2.51 bits per heavy atom. The first-order valence-corrected chi connectivity index (χ1v) is 12.5. The minimum Gasteiger partial charge on any atom is -0.428 e. The van der Waals surface area contributed by atoms with Crippen LogP contribution in [0.15, 0.2) is 63.9 Å². The highest BCUT2D eigenvalue weighted by Gasteiger charge is 2.46. The second kappa shape index (κ2) is 9.28. The lowest BCUT2D eigenvalue weighted by atomic mass is 9.94. The van der Waals surface area contributed by atoms with Gasteiger partial charge in [-0.15, -0.1) is 13.2 Å². The fourth-order valence-corrected chi connectivity index (χ4v) is 5.01. The summed E-state index contributed by atoms with van der Waals surface area (Å²) in [5.41, 5.74) is -1.19. The largest absolute Gasteiger partial charge is 0.573 e. The number of aromatic nitrogens is 3. The van der Waals surface area contributed by atoms with Gasteiger partial charge in [0.2, 0.25) is 5.60 Å². The highest BCUT2D eigenvalue weighted by Crippen LogP contribution is 2.34. The van der Waals surface area contributed by atoms with Gasteiger partial charge in [0.15, 0.2) is 11.4 Å². The number of imidazole rings is 1. The number of hydrogen-bond acceptors (Lipinski definition) is 7. The van der Waals surface area contributed by atoms with Crippen LogP contribution in [0.4, 0.5) is 18.0 Å². The molecule has 2 amide bonds. The van der Waals surface area contributed by atoms with E-state index in [9.17, 15) is 27.6 Å². The molecule has 0 radical (unpaired) electrons. The fraction of sp³-hybridized carbons (Fsp3) is 0.154. The quantitative estimate of drug-likeness (QED) is 0.274. The predicted molar refractivity (Wildman–Crippen MR) is 139 cm³/mol. The molecule has 0 bridgehead atoms. The maximum Gasteiger partial charge on any atom is 0.573 e. The van der Waals surface area contributed by atoms with E-state index in [0.29, 0.717) is 16.0 Å². The molecule has 0 saturated carbocycles. The number of carbonyl (C=O) groups is 2. The maximum atomic E-state index is 13.9. The standard InChI is InChI=1S/C26H15Cl2F3N4O6/c1-25(22(36)32-23(37)40-25)13-2-6-17(28)12(8-13)11-34-18-7-4-15(39-26(29,30)31)10-19(18)35(24(34)38)21-16-5-3-14(27)9-20(16)41-33-21/h2-10H,11H2,1H3,(H,32,36,37)/t25-/m0/s1. The molecule has 3 heterocycles. The van der Waals surface area contributed by atoms with E-state index in [4.69, 9.17) is 32.5 Å². The van der Waals surface area contributed by atoms with Crippen molar-refractivity contribution in [2.45, 2.75) is 25.4 Å². The Kier molecular flexibility index (Phi) is 6.05. The third kappa shape index (κ3) is 4.56. The van der Waals surface area contributed by atoms with Crippen molar-refractivity contribution in [3.05, 3.63) is 86.3 Å². The Bertz CT molecular complexity index is 1960. The Labute approximate surface area is 236 Å². The maximum absolute atomic E-state index is 13.9. The van der Waals surface area contributed by atoms with E-state index in [-0.39, 0.29) is 39.6 Å². The molecule has 10 nitrogen and oxygen atoms in total. The Morgan fingerprint density at radius 2 is 1.80 bits per heavy atom. The molecule has 1 aliphatic rings. The molecule has 1 fully saturated rings. The van der Waals surface area contributed by atoms with Crippen molar-refractivity contribution in [3.63, 3.8) is 0 Å². The van der Waals surface area contributed by atoms with Gasteiger partial charge in [0.1, 0.15) is 5.75 Å². The van der Waals surface area contributed by atoms with E-state index < -0.39 is 35.4 Å². The van der Waals surface area contributed by atoms with Gasteiger partial charge in [-0.05, 0) is 48.9 Å². The Morgan fingerprint density at radius 1 is 1.02 bits per heavy atom. The number of benzene rings is 3.